The maximum Gasteiger partial charge on any atom is 0.309 e. The molecule has 0 aliphatic carbocycles. The van der Waals surface area contributed by atoms with E-state index in [1.165, 1.54) is 24.3 Å². The molecule has 0 atom stereocenters. The van der Waals surface area contributed by atoms with Gasteiger partial charge in [-0.25, -0.2) is 4.39 Å². The average Bonchev–Trinajstić information content (AvgIpc) is 2.78. The number of likely N-dealkylation sites (tertiary alicyclic amines) is 1. The van der Waals surface area contributed by atoms with Crippen molar-refractivity contribution in [3.05, 3.63) is 75.6 Å². The molecule has 1 heterocycles. The predicted octanol–water partition coefficient (Wildman–Crippen LogP) is 4.16. The predicted molar refractivity (Wildman–Crippen MR) is 122 cm³/mol. The van der Waals surface area contributed by atoms with Crippen LogP contribution < -0.4 is 5.32 Å². The Morgan fingerprint density at radius 3 is 2.53 bits per heavy atom. The molecule has 1 aliphatic rings. The number of carbonyl (C=O) groups excluding carboxylic acids is 3. The number of halogens is 2. The first-order chi connectivity index (χ1) is 15.4. The molecule has 0 aromatic heterocycles. The van der Waals surface area contributed by atoms with Gasteiger partial charge in [0.15, 0.2) is 0 Å². The summed E-state index contributed by atoms with van der Waals surface area (Å²) in [6.07, 6.45) is 2.42. The highest BCUT2D eigenvalue weighted by atomic mass is 79.9. The van der Waals surface area contributed by atoms with Gasteiger partial charge in [-0.3, -0.25) is 14.4 Å². The van der Waals surface area contributed by atoms with E-state index in [1.807, 2.05) is 0 Å². The monoisotopic (exact) mass is 502 g/mol. The summed E-state index contributed by atoms with van der Waals surface area (Å²) >= 11 is 3.34. The Labute approximate surface area is 194 Å². The zero-order valence-electron chi connectivity index (χ0n) is 17.6. The summed E-state index contributed by atoms with van der Waals surface area (Å²) in [5.41, 5.74) is 0.847. The van der Waals surface area contributed by atoms with Gasteiger partial charge in [-0.2, -0.15) is 0 Å². The lowest BCUT2D eigenvalue weighted by Crippen LogP contribution is -2.44. The first-order valence-electron chi connectivity index (χ1n) is 10.4. The molecule has 3 rings (SSSR count). The SMILES string of the molecule is CCOC(=O)C1CCN(C(=O)/C(=C/c2cccc(F)c2)NC(=O)c2ccccc2Br)CC1. The minimum atomic E-state index is -0.463. The van der Waals surface area contributed by atoms with Gasteiger partial charge in [0.1, 0.15) is 11.5 Å². The van der Waals surface area contributed by atoms with Gasteiger partial charge in [0.25, 0.3) is 11.8 Å². The van der Waals surface area contributed by atoms with Crippen LogP contribution in [0.3, 0.4) is 0 Å². The number of hydrogen-bond acceptors (Lipinski definition) is 4. The maximum atomic E-state index is 13.7. The number of ether oxygens (including phenoxy) is 1. The average molecular weight is 503 g/mol. The number of amides is 2. The van der Waals surface area contributed by atoms with Gasteiger partial charge in [-0.1, -0.05) is 24.3 Å². The van der Waals surface area contributed by atoms with Crippen molar-refractivity contribution in [2.24, 2.45) is 5.92 Å². The zero-order valence-corrected chi connectivity index (χ0v) is 19.2. The van der Waals surface area contributed by atoms with Gasteiger partial charge >= 0.3 is 5.97 Å². The highest BCUT2D eigenvalue weighted by molar-refractivity contribution is 9.10. The van der Waals surface area contributed by atoms with Gasteiger partial charge in [0.05, 0.1) is 18.1 Å². The van der Waals surface area contributed by atoms with Crippen molar-refractivity contribution in [1.82, 2.24) is 10.2 Å². The molecule has 32 heavy (non-hydrogen) atoms. The Morgan fingerprint density at radius 2 is 1.88 bits per heavy atom. The summed E-state index contributed by atoms with van der Waals surface area (Å²) in [6.45, 7) is 2.79. The molecule has 1 fully saturated rings. The number of hydrogen-bond donors (Lipinski definition) is 1. The third-order valence-electron chi connectivity index (χ3n) is 5.16. The second-order valence-corrected chi connectivity index (χ2v) is 8.22. The van der Waals surface area contributed by atoms with E-state index in [9.17, 15) is 18.8 Å². The topological polar surface area (TPSA) is 75.7 Å². The fraction of sp³-hybridized carbons (Fsp3) is 0.292. The van der Waals surface area contributed by atoms with Crippen LogP contribution in [-0.2, 0) is 14.3 Å². The van der Waals surface area contributed by atoms with E-state index in [2.05, 4.69) is 21.2 Å². The fourth-order valence-corrected chi connectivity index (χ4v) is 3.96. The van der Waals surface area contributed by atoms with Crippen LogP contribution in [0.2, 0.25) is 0 Å². The van der Waals surface area contributed by atoms with Crippen molar-refractivity contribution in [1.29, 1.82) is 0 Å². The molecule has 0 unspecified atom stereocenters. The van der Waals surface area contributed by atoms with Gasteiger partial charge in [0, 0.05) is 17.6 Å². The molecule has 1 N–H and O–H groups in total. The summed E-state index contributed by atoms with van der Waals surface area (Å²) < 4.78 is 19.3. The number of nitrogens with zero attached hydrogens (tertiary/aromatic N) is 1. The molecule has 2 aromatic carbocycles. The number of carbonyl (C=O) groups is 3. The Kier molecular flexibility index (Phi) is 8.16. The number of esters is 1. The van der Waals surface area contributed by atoms with Crippen LogP contribution >= 0.6 is 15.9 Å². The highest BCUT2D eigenvalue weighted by Gasteiger charge is 2.30. The molecule has 0 saturated carbocycles. The maximum absolute atomic E-state index is 13.7. The van der Waals surface area contributed by atoms with Crippen molar-refractivity contribution >= 4 is 39.8 Å². The molecule has 0 spiro atoms. The Balaban J connectivity index is 1.81. The summed E-state index contributed by atoms with van der Waals surface area (Å²) in [4.78, 5) is 39.7. The molecule has 2 aromatic rings. The van der Waals surface area contributed by atoms with E-state index >= 15 is 0 Å². The van der Waals surface area contributed by atoms with Crippen molar-refractivity contribution in [2.45, 2.75) is 19.8 Å². The molecule has 2 amide bonds. The van der Waals surface area contributed by atoms with E-state index in [1.54, 1.807) is 42.2 Å². The van der Waals surface area contributed by atoms with Crippen molar-refractivity contribution < 1.29 is 23.5 Å². The molecule has 168 valence electrons. The number of nitrogens with one attached hydrogen (secondary N) is 1. The first-order valence-corrected chi connectivity index (χ1v) is 11.2. The molecule has 0 radical (unpaired) electrons. The quantitative estimate of drug-likeness (QED) is 0.475. The van der Waals surface area contributed by atoms with Crippen molar-refractivity contribution in [2.75, 3.05) is 19.7 Å². The normalized spacial score (nSPS) is 14.7. The smallest absolute Gasteiger partial charge is 0.309 e. The third-order valence-corrected chi connectivity index (χ3v) is 5.85. The molecular formula is C24H24BrFN2O4. The Hall–Kier alpha value is -3.00. The molecular weight excluding hydrogens is 479 g/mol. The van der Waals surface area contributed by atoms with E-state index in [0.29, 0.717) is 48.1 Å². The van der Waals surface area contributed by atoms with Gasteiger partial charge in [-0.15, -0.1) is 0 Å². The lowest BCUT2D eigenvalue weighted by Gasteiger charge is -2.31. The van der Waals surface area contributed by atoms with Gasteiger partial charge < -0.3 is 15.0 Å². The molecule has 1 saturated heterocycles. The largest absolute Gasteiger partial charge is 0.466 e. The molecule has 6 nitrogen and oxygen atoms in total. The number of benzene rings is 2. The highest BCUT2D eigenvalue weighted by Crippen LogP contribution is 2.21. The zero-order chi connectivity index (χ0) is 23.1. The summed E-state index contributed by atoms with van der Waals surface area (Å²) in [7, 11) is 0. The van der Waals surface area contributed by atoms with Gasteiger partial charge in [-0.05, 0) is 71.6 Å². The lowest BCUT2D eigenvalue weighted by atomic mass is 9.96. The van der Waals surface area contributed by atoms with E-state index in [0.717, 1.165) is 0 Å². The molecule has 8 heteroatoms. The standard InChI is InChI=1S/C24H24BrFN2O4/c1-2-32-24(31)17-10-12-28(13-11-17)23(30)21(15-16-6-5-7-18(26)14-16)27-22(29)19-8-3-4-9-20(19)25/h3-9,14-15,17H,2,10-13H2,1H3,(H,27,29)/b21-15-. The second kappa shape index (κ2) is 11.0. The summed E-state index contributed by atoms with van der Waals surface area (Å²) in [5.74, 6) is -1.80. The number of piperidine rings is 1. The van der Waals surface area contributed by atoms with Crippen molar-refractivity contribution in [3.8, 4) is 0 Å². The molecule has 0 bridgehead atoms. The van der Waals surface area contributed by atoms with E-state index in [-0.39, 0.29) is 17.6 Å². The Bertz CT molecular complexity index is 1030. The minimum Gasteiger partial charge on any atom is -0.466 e. The van der Waals surface area contributed by atoms with Crippen LogP contribution in [0, 0.1) is 11.7 Å². The van der Waals surface area contributed by atoms with Crippen LogP contribution in [0.5, 0.6) is 0 Å². The van der Waals surface area contributed by atoms with Gasteiger partial charge in [0.2, 0.25) is 0 Å². The van der Waals surface area contributed by atoms with Crippen molar-refractivity contribution in [3.63, 3.8) is 0 Å². The minimum absolute atomic E-state index is 0.0333. The van der Waals surface area contributed by atoms with Crippen LogP contribution in [0.4, 0.5) is 4.39 Å². The van der Waals surface area contributed by atoms with E-state index < -0.39 is 17.6 Å². The number of rotatable bonds is 6. The summed E-state index contributed by atoms with van der Waals surface area (Å²) in [5, 5.41) is 2.68. The molecule has 1 aliphatic heterocycles. The van der Waals surface area contributed by atoms with Crippen LogP contribution in [0.1, 0.15) is 35.7 Å². The van der Waals surface area contributed by atoms with Crippen LogP contribution in [0.15, 0.2) is 58.7 Å². The Morgan fingerprint density at radius 1 is 1.16 bits per heavy atom. The first kappa shape index (κ1) is 23.7. The van der Waals surface area contributed by atoms with Crippen LogP contribution in [0.25, 0.3) is 6.08 Å². The van der Waals surface area contributed by atoms with E-state index in [4.69, 9.17) is 4.74 Å². The third kappa shape index (κ3) is 6.03. The lowest BCUT2D eigenvalue weighted by molar-refractivity contribution is -0.150. The fourth-order valence-electron chi connectivity index (χ4n) is 3.50. The van der Waals surface area contributed by atoms with Crippen LogP contribution in [-0.4, -0.2) is 42.4 Å². The summed E-state index contributed by atoms with van der Waals surface area (Å²) in [6, 6.07) is 12.6. The second-order valence-electron chi connectivity index (χ2n) is 7.37.